The molecule has 0 aliphatic heterocycles. The summed E-state index contributed by atoms with van der Waals surface area (Å²) in [5, 5.41) is 3.67. The fraction of sp³-hybridized carbons (Fsp3) is 0.647. The van der Waals surface area contributed by atoms with Crippen molar-refractivity contribution in [2.24, 2.45) is 5.92 Å². The second kappa shape index (κ2) is 5.44. The molecular weight excluding hydrogens is 218 g/mol. The molecule has 1 unspecified atom stereocenters. The number of aryl methyl sites for hydroxylation is 3. The predicted molar refractivity (Wildman–Crippen MR) is 77.0 cm³/mol. The summed E-state index contributed by atoms with van der Waals surface area (Å²) in [7, 11) is 0. The fourth-order valence-electron chi connectivity index (χ4n) is 3.37. The molecule has 1 aromatic rings. The average molecular weight is 243 g/mol. The molecular formula is C17H25N. The summed E-state index contributed by atoms with van der Waals surface area (Å²) in [6.07, 6.45) is 9.43. The lowest BCUT2D eigenvalue weighted by atomic mass is 9.99. The molecule has 0 heterocycles. The average Bonchev–Trinajstić information content (AvgIpc) is 3.12. The Hall–Kier alpha value is -0.820. The van der Waals surface area contributed by atoms with E-state index in [1.165, 1.54) is 44.9 Å². The first kappa shape index (κ1) is 12.2. The van der Waals surface area contributed by atoms with E-state index in [1.807, 2.05) is 0 Å². The van der Waals surface area contributed by atoms with E-state index in [0.29, 0.717) is 0 Å². The minimum absolute atomic E-state index is 0.767. The highest BCUT2D eigenvalue weighted by Crippen LogP contribution is 2.34. The molecule has 98 valence electrons. The van der Waals surface area contributed by atoms with Crippen LogP contribution in [0.4, 0.5) is 0 Å². The van der Waals surface area contributed by atoms with Crippen LogP contribution in [-0.4, -0.2) is 12.6 Å². The third-order valence-corrected chi connectivity index (χ3v) is 4.56. The largest absolute Gasteiger partial charge is 0.314 e. The van der Waals surface area contributed by atoms with Crippen molar-refractivity contribution < 1.29 is 0 Å². The summed E-state index contributed by atoms with van der Waals surface area (Å²) >= 11 is 0. The van der Waals surface area contributed by atoms with E-state index in [4.69, 9.17) is 0 Å². The van der Waals surface area contributed by atoms with Gasteiger partial charge in [0.05, 0.1) is 0 Å². The van der Waals surface area contributed by atoms with E-state index in [-0.39, 0.29) is 0 Å². The Morgan fingerprint density at radius 1 is 1.22 bits per heavy atom. The molecule has 0 saturated heterocycles. The van der Waals surface area contributed by atoms with Crippen LogP contribution in [0.25, 0.3) is 0 Å². The van der Waals surface area contributed by atoms with Crippen molar-refractivity contribution in [3.8, 4) is 0 Å². The zero-order valence-electron chi connectivity index (χ0n) is 11.5. The summed E-state index contributed by atoms with van der Waals surface area (Å²) in [5.74, 6) is 0.972. The molecule has 1 atom stereocenters. The monoisotopic (exact) mass is 243 g/mol. The Bertz CT molecular complexity index is 406. The van der Waals surface area contributed by atoms with Crippen LogP contribution in [0, 0.1) is 5.92 Å². The second-order valence-corrected chi connectivity index (χ2v) is 6.00. The van der Waals surface area contributed by atoms with Crippen LogP contribution >= 0.6 is 0 Å². The molecule has 0 bridgehead atoms. The summed E-state index contributed by atoms with van der Waals surface area (Å²) in [6.45, 7) is 3.34. The molecule has 0 radical (unpaired) electrons. The van der Waals surface area contributed by atoms with Crippen molar-refractivity contribution in [3.05, 3.63) is 34.9 Å². The molecule has 18 heavy (non-hydrogen) atoms. The lowest BCUT2D eigenvalue weighted by Gasteiger charge is -2.17. The Morgan fingerprint density at radius 2 is 2.06 bits per heavy atom. The van der Waals surface area contributed by atoms with Gasteiger partial charge in [0.15, 0.2) is 0 Å². The van der Waals surface area contributed by atoms with Gasteiger partial charge in [-0.2, -0.15) is 0 Å². The smallest absolute Gasteiger partial charge is 0.00983 e. The molecule has 0 spiro atoms. The topological polar surface area (TPSA) is 12.0 Å². The number of fused-ring (bicyclic) bond motifs is 1. The van der Waals surface area contributed by atoms with E-state index >= 15 is 0 Å². The highest BCUT2D eigenvalue weighted by molar-refractivity contribution is 5.35. The maximum atomic E-state index is 3.67. The first-order valence-electron chi connectivity index (χ1n) is 7.71. The molecule has 1 fully saturated rings. The van der Waals surface area contributed by atoms with E-state index in [0.717, 1.165) is 18.5 Å². The quantitative estimate of drug-likeness (QED) is 0.806. The van der Waals surface area contributed by atoms with Gasteiger partial charge in [-0.05, 0) is 74.1 Å². The van der Waals surface area contributed by atoms with Crippen LogP contribution in [0.3, 0.4) is 0 Å². The number of nitrogens with one attached hydrogen (secondary N) is 1. The highest BCUT2D eigenvalue weighted by atomic mass is 14.9. The van der Waals surface area contributed by atoms with Crippen molar-refractivity contribution in [2.45, 2.75) is 57.9 Å². The summed E-state index contributed by atoms with van der Waals surface area (Å²) in [6, 6.07) is 7.97. The number of benzene rings is 1. The molecule has 0 aromatic heterocycles. The first-order chi connectivity index (χ1) is 8.86. The number of hydrogen-bond acceptors (Lipinski definition) is 1. The first-order valence-corrected chi connectivity index (χ1v) is 7.71. The fourth-order valence-corrected chi connectivity index (χ4v) is 3.37. The Kier molecular flexibility index (Phi) is 3.69. The second-order valence-electron chi connectivity index (χ2n) is 6.00. The summed E-state index contributed by atoms with van der Waals surface area (Å²) in [5.41, 5.74) is 4.78. The van der Waals surface area contributed by atoms with Crippen LogP contribution < -0.4 is 5.32 Å². The normalized spacial score (nSPS) is 19.8. The van der Waals surface area contributed by atoms with Gasteiger partial charge in [-0.15, -0.1) is 0 Å². The molecule has 1 nitrogen and oxygen atoms in total. The minimum atomic E-state index is 0.767. The number of rotatable bonds is 6. The Balaban J connectivity index is 1.58. The minimum Gasteiger partial charge on any atom is -0.314 e. The zero-order chi connectivity index (χ0) is 12.4. The van der Waals surface area contributed by atoms with E-state index in [1.54, 1.807) is 16.7 Å². The Labute approximate surface area is 111 Å². The molecule has 1 heteroatoms. The van der Waals surface area contributed by atoms with Crippen molar-refractivity contribution in [2.75, 3.05) is 6.54 Å². The van der Waals surface area contributed by atoms with Gasteiger partial charge >= 0.3 is 0 Å². The van der Waals surface area contributed by atoms with Gasteiger partial charge in [0, 0.05) is 6.04 Å². The predicted octanol–water partition coefficient (Wildman–Crippen LogP) is 3.50. The SMILES string of the molecule is CCNC(CCc1ccc2c(c1)CCC2)C1CC1. The Morgan fingerprint density at radius 3 is 2.83 bits per heavy atom. The van der Waals surface area contributed by atoms with Gasteiger partial charge in [-0.3, -0.25) is 0 Å². The van der Waals surface area contributed by atoms with Crippen LogP contribution in [0.15, 0.2) is 18.2 Å². The number of hydrogen-bond donors (Lipinski definition) is 1. The highest BCUT2D eigenvalue weighted by Gasteiger charge is 2.30. The van der Waals surface area contributed by atoms with Gasteiger partial charge in [0.2, 0.25) is 0 Å². The van der Waals surface area contributed by atoms with Crippen molar-refractivity contribution >= 4 is 0 Å². The van der Waals surface area contributed by atoms with Crippen LogP contribution in [0.5, 0.6) is 0 Å². The standard InChI is InChI=1S/C17H25N/c1-2-18-17(15-9-10-15)11-7-13-6-8-14-4-3-5-16(14)12-13/h6,8,12,15,17-18H,2-5,7,9-11H2,1H3. The van der Waals surface area contributed by atoms with Crippen molar-refractivity contribution in [1.29, 1.82) is 0 Å². The molecule has 0 amide bonds. The lowest BCUT2D eigenvalue weighted by Crippen LogP contribution is -2.31. The van der Waals surface area contributed by atoms with Gasteiger partial charge in [-0.25, -0.2) is 0 Å². The molecule has 2 aliphatic carbocycles. The van der Waals surface area contributed by atoms with Gasteiger partial charge in [0.1, 0.15) is 0 Å². The van der Waals surface area contributed by atoms with E-state index < -0.39 is 0 Å². The van der Waals surface area contributed by atoms with Gasteiger partial charge in [0.25, 0.3) is 0 Å². The summed E-state index contributed by atoms with van der Waals surface area (Å²) in [4.78, 5) is 0. The van der Waals surface area contributed by atoms with Crippen molar-refractivity contribution in [3.63, 3.8) is 0 Å². The molecule has 1 N–H and O–H groups in total. The van der Waals surface area contributed by atoms with Crippen LogP contribution in [0.2, 0.25) is 0 Å². The third-order valence-electron chi connectivity index (χ3n) is 4.56. The lowest BCUT2D eigenvalue weighted by molar-refractivity contribution is 0.446. The maximum absolute atomic E-state index is 3.67. The molecule has 1 saturated carbocycles. The maximum Gasteiger partial charge on any atom is 0.00983 e. The molecule has 3 rings (SSSR count). The van der Waals surface area contributed by atoms with Gasteiger partial charge in [-0.1, -0.05) is 25.1 Å². The summed E-state index contributed by atoms with van der Waals surface area (Å²) < 4.78 is 0. The molecule has 2 aliphatic rings. The van der Waals surface area contributed by atoms with Crippen LogP contribution in [-0.2, 0) is 19.3 Å². The van der Waals surface area contributed by atoms with E-state index in [9.17, 15) is 0 Å². The van der Waals surface area contributed by atoms with Crippen LogP contribution in [0.1, 0.15) is 49.3 Å². The van der Waals surface area contributed by atoms with E-state index in [2.05, 4.69) is 30.4 Å². The van der Waals surface area contributed by atoms with Crippen molar-refractivity contribution in [1.82, 2.24) is 5.32 Å². The third kappa shape index (κ3) is 2.77. The molecule has 1 aromatic carbocycles. The van der Waals surface area contributed by atoms with Gasteiger partial charge < -0.3 is 5.32 Å². The zero-order valence-corrected chi connectivity index (χ0v) is 11.5.